The Hall–Kier alpha value is -6.70. The van der Waals surface area contributed by atoms with Crippen molar-refractivity contribution in [1.82, 2.24) is 0 Å². The highest BCUT2D eigenvalue weighted by Gasteiger charge is 2.23. The number of hydrogen-bond donors (Lipinski definition) is 0. The van der Waals surface area contributed by atoms with Crippen LogP contribution in [-0.2, 0) is 0 Å². The summed E-state index contributed by atoms with van der Waals surface area (Å²) in [6, 6.07) is 76.5. The van der Waals surface area contributed by atoms with Gasteiger partial charge < -0.3 is 4.90 Å². The fourth-order valence-electron chi connectivity index (χ4n) is 7.40. The van der Waals surface area contributed by atoms with E-state index in [0.29, 0.717) is 0 Å². The van der Waals surface area contributed by atoms with Crippen molar-refractivity contribution in [3.05, 3.63) is 212 Å². The molecular formula is C50H35N. The molecule has 0 aliphatic heterocycles. The third kappa shape index (κ3) is 5.75. The zero-order valence-electron chi connectivity index (χ0n) is 28.2. The van der Waals surface area contributed by atoms with Crippen LogP contribution in [-0.4, -0.2) is 0 Å². The van der Waals surface area contributed by atoms with Crippen LogP contribution >= 0.6 is 0 Å². The van der Waals surface area contributed by atoms with Gasteiger partial charge in [-0.3, -0.25) is 0 Å². The summed E-state index contributed by atoms with van der Waals surface area (Å²) in [6.07, 6.45) is 0. The predicted molar refractivity (Wildman–Crippen MR) is 218 cm³/mol. The van der Waals surface area contributed by atoms with Crippen molar-refractivity contribution < 1.29 is 0 Å². The zero-order chi connectivity index (χ0) is 34.0. The topological polar surface area (TPSA) is 3.24 Å². The highest BCUT2D eigenvalue weighted by molar-refractivity contribution is 6.22. The van der Waals surface area contributed by atoms with Crippen LogP contribution in [0.3, 0.4) is 0 Å². The largest absolute Gasteiger partial charge is 0.309 e. The third-order valence-electron chi connectivity index (χ3n) is 9.85. The summed E-state index contributed by atoms with van der Waals surface area (Å²) in [5, 5.41) is 4.96. The lowest BCUT2D eigenvalue weighted by atomic mass is 9.90. The summed E-state index contributed by atoms with van der Waals surface area (Å²) >= 11 is 0. The maximum atomic E-state index is 2.43. The SMILES string of the molecule is c1ccc(-c2cccc(-c3ccc(-c4ccc(N(c5ccccc5)c5c(-c6ccccc6)c6ccccc6c6ccccc56)cc4)cc3)c2)cc1. The molecule has 0 heterocycles. The van der Waals surface area contributed by atoms with Crippen LogP contribution in [0, 0.1) is 0 Å². The van der Waals surface area contributed by atoms with Gasteiger partial charge in [0.05, 0.1) is 5.69 Å². The van der Waals surface area contributed by atoms with E-state index in [1.807, 2.05) is 0 Å². The smallest absolute Gasteiger partial charge is 0.0624 e. The number of benzene rings is 9. The van der Waals surface area contributed by atoms with Gasteiger partial charge in [0, 0.05) is 22.3 Å². The minimum Gasteiger partial charge on any atom is -0.309 e. The van der Waals surface area contributed by atoms with Crippen LogP contribution in [0.15, 0.2) is 212 Å². The number of nitrogens with zero attached hydrogens (tertiary/aromatic N) is 1. The van der Waals surface area contributed by atoms with Crippen molar-refractivity contribution in [2.45, 2.75) is 0 Å². The molecule has 0 bridgehead atoms. The van der Waals surface area contributed by atoms with Gasteiger partial charge in [0.2, 0.25) is 0 Å². The van der Waals surface area contributed by atoms with E-state index in [1.165, 1.54) is 71.7 Å². The second-order valence-corrected chi connectivity index (χ2v) is 12.9. The summed E-state index contributed by atoms with van der Waals surface area (Å²) in [5.41, 5.74) is 13.1. The molecule has 9 aromatic carbocycles. The maximum Gasteiger partial charge on any atom is 0.0624 e. The van der Waals surface area contributed by atoms with E-state index in [-0.39, 0.29) is 0 Å². The zero-order valence-corrected chi connectivity index (χ0v) is 28.2. The van der Waals surface area contributed by atoms with Gasteiger partial charge in [0.15, 0.2) is 0 Å². The molecule has 0 atom stereocenters. The monoisotopic (exact) mass is 649 g/mol. The molecule has 0 fully saturated rings. The van der Waals surface area contributed by atoms with E-state index in [2.05, 4.69) is 217 Å². The quantitative estimate of drug-likeness (QED) is 0.155. The van der Waals surface area contributed by atoms with E-state index in [4.69, 9.17) is 0 Å². The van der Waals surface area contributed by atoms with E-state index >= 15 is 0 Å². The Bertz CT molecular complexity index is 2590. The van der Waals surface area contributed by atoms with Gasteiger partial charge in [-0.1, -0.05) is 182 Å². The number of fused-ring (bicyclic) bond motifs is 3. The number of para-hydroxylation sites is 1. The Morgan fingerprint density at radius 2 is 0.608 bits per heavy atom. The molecule has 240 valence electrons. The second kappa shape index (κ2) is 13.3. The molecular weight excluding hydrogens is 615 g/mol. The lowest BCUT2D eigenvalue weighted by Gasteiger charge is -2.30. The molecule has 1 nitrogen and oxygen atoms in total. The molecule has 0 N–H and O–H groups in total. The van der Waals surface area contributed by atoms with Crippen LogP contribution in [0.25, 0.3) is 66.1 Å². The molecule has 0 saturated carbocycles. The van der Waals surface area contributed by atoms with Crippen molar-refractivity contribution in [2.24, 2.45) is 0 Å². The van der Waals surface area contributed by atoms with Gasteiger partial charge in [-0.25, -0.2) is 0 Å². The summed E-state index contributed by atoms with van der Waals surface area (Å²) in [7, 11) is 0. The summed E-state index contributed by atoms with van der Waals surface area (Å²) in [4.78, 5) is 2.43. The Balaban J connectivity index is 1.15. The molecule has 0 unspecified atom stereocenters. The first kappa shape index (κ1) is 30.4. The first-order valence-electron chi connectivity index (χ1n) is 17.5. The minimum atomic E-state index is 1.11. The van der Waals surface area contributed by atoms with Crippen molar-refractivity contribution in [1.29, 1.82) is 0 Å². The minimum absolute atomic E-state index is 1.11. The second-order valence-electron chi connectivity index (χ2n) is 12.9. The standard InChI is InChI=1S/C50H35N/c1-4-15-36(16-5-1)41-19-14-20-42(35-41)39-29-27-37(28-30-39)38-31-33-44(34-32-38)51(43-21-8-3-9-22-43)50-48-26-13-11-24-46(48)45-23-10-12-25-47(45)49(50)40-17-6-2-7-18-40/h1-35H. The molecule has 1 heteroatoms. The van der Waals surface area contributed by atoms with Crippen LogP contribution in [0.2, 0.25) is 0 Å². The number of rotatable bonds is 7. The molecule has 0 aliphatic carbocycles. The number of hydrogen-bond acceptors (Lipinski definition) is 1. The van der Waals surface area contributed by atoms with Gasteiger partial charge in [0.25, 0.3) is 0 Å². The average molecular weight is 650 g/mol. The van der Waals surface area contributed by atoms with Crippen LogP contribution in [0.4, 0.5) is 17.1 Å². The summed E-state index contributed by atoms with van der Waals surface area (Å²) in [6.45, 7) is 0. The highest BCUT2D eigenvalue weighted by Crippen LogP contribution is 2.49. The van der Waals surface area contributed by atoms with Crippen molar-refractivity contribution in [3.63, 3.8) is 0 Å². The fraction of sp³-hybridized carbons (Fsp3) is 0. The van der Waals surface area contributed by atoms with Gasteiger partial charge in [-0.05, 0) is 85.4 Å². The Morgan fingerprint density at radius 1 is 0.235 bits per heavy atom. The van der Waals surface area contributed by atoms with E-state index in [0.717, 1.165) is 11.4 Å². The maximum absolute atomic E-state index is 2.43. The van der Waals surface area contributed by atoms with Crippen LogP contribution < -0.4 is 4.90 Å². The molecule has 0 spiro atoms. The van der Waals surface area contributed by atoms with Crippen molar-refractivity contribution in [3.8, 4) is 44.5 Å². The average Bonchev–Trinajstić information content (AvgIpc) is 3.22. The van der Waals surface area contributed by atoms with Crippen LogP contribution in [0.1, 0.15) is 0 Å². The van der Waals surface area contributed by atoms with Crippen LogP contribution in [0.5, 0.6) is 0 Å². The lowest BCUT2D eigenvalue weighted by Crippen LogP contribution is -2.12. The van der Waals surface area contributed by atoms with Crippen molar-refractivity contribution >= 4 is 38.6 Å². The summed E-state index contributed by atoms with van der Waals surface area (Å²) < 4.78 is 0. The normalized spacial score (nSPS) is 11.1. The molecule has 0 saturated heterocycles. The van der Waals surface area contributed by atoms with E-state index in [1.54, 1.807) is 0 Å². The van der Waals surface area contributed by atoms with Gasteiger partial charge in [0.1, 0.15) is 0 Å². The first-order valence-corrected chi connectivity index (χ1v) is 17.5. The number of anilines is 3. The van der Waals surface area contributed by atoms with Gasteiger partial charge >= 0.3 is 0 Å². The van der Waals surface area contributed by atoms with Crippen molar-refractivity contribution in [2.75, 3.05) is 4.90 Å². The Kier molecular flexibility index (Phi) is 7.92. The molecule has 9 rings (SSSR count). The summed E-state index contributed by atoms with van der Waals surface area (Å²) in [5.74, 6) is 0. The lowest BCUT2D eigenvalue weighted by molar-refractivity contribution is 1.30. The van der Waals surface area contributed by atoms with Gasteiger partial charge in [-0.15, -0.1) is 0 Å². The Morgan fingerprint density at radius 3 is 1.20 bits per heavy atom. The molecule has 0 aliphatic rings. The predicted octanol–water partition coefficient (Wildman–Crippen LogP) is 14.1. The van der Waals surface area contributed by atoms with Gasteiger partial charge in [-0.2, -0.15) is 0 Å². The molecule has 51 heavy (non-hydrogen) atoms. The first-order chi connectivity index (χ1) is 25.3. The molecule has 0 radical (unpaired) electrons. The molecule has 0 amide bonds. The molecule has 9 aromatic rings. The Labute approximate surface area is 299 Å². The third-order valence-corrected chi connectivity index (χ3v) is 9.85. The highest BCUT2D eigenvalue weighted by atomic mass is 15.1. The molecule has 0 aromatic heterocycles. The fourth-order valence-corrected chi connectivity index (χ4v) is 7.40. The van der Waals surface area contributed by atoms with E-state index in [9.17, 15) is 0 Å². The van der Waals surface area contributed by atoms with E-state index < -0.39 is 0 Å².